The van der Waals surface area contributed by atoms with Crippen molar-refractivity contribution in [1.29, 1.82) is 0 Å². The number of hydrogen-bond acceptors (Lipinski definition) is 2. The van der Waals surface area contributed by atoms with Crippen LogP contribution in [-0.2, 0) is 0 Å². The minimum atomic E-state index is 0.918. The lowest BCUT2D eigenvalue weighted by atomic mass is 10.0. The average molecular weight is 420 g/mol. The van der Waals surface area contributed by atoms with Gasteiger partial charge in [0.2, 0.25) is 0 Å². The second kappa shape index (κ2) is 6.86. The number of halogens is 1. The van der Waals surface area contributed by atoms with E-state index in [4.69, 9.17) is 4.98 Å². The van der Waals surface area contributed by atoms with E-state index in [2.05, 4.69) is 95.9 Å². The molecule has 4 aromatic rings. The smallest absolute Gasteiger partial charge is 0.143 e. The van der Waals surface area contributed by atoms with Gasteiger partial charge in [-0.05, 0) is 72.4 Å². The molecule has 3 nitrogen and oxygen atoms in total. The van der Waals surface area contributed by atoms with E-state index in [-0.39, 0.29) is 0 Å². The number of pyridine rings is 1. The van der Waals surface area contributed by atoms with Gasteiger partial charge in [0.15, 0.2) is 0 Å². The van der Waals surface area contributed by atoms with Gasteiger partial charge in [-0.2, -0.15) is 0 Å². The molecule has 4 heteroatoms. The minimum absolute atomic E-state index is 0.918. The first-order valence-corrected chi connectivity index (χ1v) is 9.82. The summed E-state index contributed by atoms with van der Waals surface area (Å²) in [7, 11) is 0. The van der Waals surface area contributed by atoms with Crippen molar-refractivity contribution in [3.8, 4) is 11.3 Å². The van der Waals surface area contributed by atoms with Crippen molar-refractivity contribution in [3.63, 3.8) is 0 Å². The molecule has 0 saturated heterocycles. The van der Waals surface area contributed by atoms with Gasteiger partial charge >= 0.3 is 0 Å². The molecule has 0 fully saturated rings. The normalized spacial score (nSPS) is 11.1. The standard InChI is InChI=1S/C23H22BrN3/c1-14-8-10-19(17(4)12-14)22-23(26-21-15(2)6-5-7-16(21)3)27-13-18(24)9-11-20(27)25-22/h5-13,26H,1-4H3. The summed E-state index contributed by atoms with van der Waals surface area (Å²) in [4.78, 5) is 4.95. The number of para-hydroxylation sites is 1. The Hall–Kier alpha value is -2.59. The van der Waals surface area contributed by atoms with Gasteiger partial charge in [-0.25, -0.2) is 4.98 Å². The van der Waals surface area contributed by atoms with E-state index in [1.54, 1.807) is 0 Å². The van der Waals surface area contributed by atoms with Crippen LogP contribution in [0.1, 0.15) is 22.3 Å². The Balaban J connectivity index is 1.98. The lowest BCUT2D eigenvalue weighted by Crippen LogP contribution is -2.01. The highest BCUT2D eigenvalue weighted by Crippen LogP contribution is 2.35. The molecular weight excluding hydrogens is 398 g/mol. The number of anilines is 2. The topological polar surface area (TPSA) is 29.3 Å². The predicted octanol–water partition coefficient (Wildman–Crippen LogP) is 6.74. The van der Waals surface area contributed by atoms with E-state index in [9.17, 15) is 0 Å². The van der Waals surface area contributed by atoms with Gasteiger partial charge < -0.3 is 5.32 Å². The van der Waals surface area contributed by atoms with E-state index in [1.165, 1.54) is 22.3 Å². The Morgan fingerprint density at radius 3 is 2.33 bits per heavy atom. The average Bonchev–Trinajstić information content (AvgIpc) is 2.96. The molecule has 0 saturated carbocycles. The van der Waals surface area contributed by atoms with Gasteiger partial charge in [-0.1, -0.05) is 42.0 Å². The Morgan fingerprint density at radius 2 is 1.63 bits per heavy atom. The van der Waals surface area contributed by atoms with Crippen LogP contribution < -0.4 is 5.32 Å². The molecule has 0 amide bonds. The number of aryl methyl sites for hydroxylation is 4. The molecule has 0 aliphatic heterocycles. The van der Waals surface area contributed by atoms with Crippen LogP contribution in [0, 0.1) is 27.7 Å². The minimum Gasteiger partial charge on any atom is -0.339 e. The van der Waals surface area contributed by atoms with Crippen molar-refractivity contribution < 1.29 is 0 Å². The molecule has 2 heterocycles. The van der Waals surface area contributed by atoms with Gasteiger partial charge in [0.05, 0.1) is 0 Å². The number of aromatic nitrogens is 2. The van der Waals surface area contributed by atoms with E-state index in [0.29, 0.717) is 0 Å². The molecule has 0 spiro atoms. The van der Waals surface area contributed by atoms with Gasteiger partial charge in [-0.3, -0.25) is 4.40 Å². The Kier molecular flexibility index (Phi) is 4.52. The molecule has 0 unspecified atom stereocenters. The first-order valence-electron chi connectivity index (χ1n) is 9.02. The summed E-state index contributed by atoms with van der Waals surface area (Å²) < 4.78 is 3.13. The van der Waals surface area contributed by atoms with Gasteiger partial charge in [0.25, 0.3) is 0 Å². The summed E-state index contributed by atoms with van der Waals surface area (Å²) in [5.74, 6) is 0.982. The molecule has 136 valence electrons. The van der Waals surface area contributed by atoms with Gasteiger partial charge in [-0.15, -0.1) is 0 Å². The number of rotatable bonds is 3. The molecule has 4 rings (SSSR count). The number of nitrogens with zero attached hydrogens (tertiary/aromatic N) is 2. The highest BCUT2D eigenvalue weighted by atomic mass is 79.9. The third-order valence-corrected chi connectivity index (χ3v) is 5.41. The molecule has 0 atom stereocenters. The maximum Gasteiger partial charge on any atom is 0.143 e. The summed E-state index contributed by atoms with van der Waals surface area (Å²) in [6.45, 7) is 8.52. The molecule has 0 radical (unpaired) electrons. The summed E-state index contributed by atoms with van der Waals surface area (Å²) in [5, 5.41) is 3.68. The molecule has 27 heavy (non-hydrogen) atoms. The lowest BCUT2D eigenvalue weighted by molar-refractivity contribution is 1.17. The fourth-order valence-corrected chi connectivity index (χ4v) is 3.87. The Morgan fingerprint density at radius 1 is 0.889 bits per heavy atom. The Labute approximate surface area is 168 Å². The van der Waals surface area contributed by atoms with Crippen LogP contribution in [0.15, 0.2) is 59.2 Å². The van der Waals surface area contributed by atoms with Crippen LogP contribution >= 0.6 is 15.9 Å². The van der Waals surface area contributed by atoms with E-state index in [0.717, 1.165) is 32.9 Å². The zero-order chi connectivity index (χ0) is 19.1. The van der Waals surface area contributed by atoms with Crippen LogP contribution in [0.5, 0.6) is 0 Å². The second-order valence-corrected chi connectivity index (χ2v) is 8.01. The van der Waals surface area contributed by atoms with E-state index in [1.807, 2.05) is 12.1 Å². The number of hydrogen-bond donors (Lipinski definition) is 1. The first-order chi connectivity index (χ1) is 12.9. The van der Waals surface area contributed by atoms with Crippen LogP contribution in [0.25, 0.3) is 16.9 Å². The van der Waals surface area contributed by atoms with Crippen LogP contribution in [-0.4, -0.2) is 9.38 Å². The van der Waals surface area contributed by atoms with Crippen molar-refractivity contribution in [2.75, 3.05) is 5.32 Å². The zero-order valence-electron chi connectivity index (χ0n) is 16.0. The highest BCUT2D eigenvalue weighted by Gasteiger charge is 2.17. The largest absolute Gasteiger partial charge is 0.339 e. The van der Waals surface area contributed by atoms with Crippen molar-refractivity contribution in [1.82, 2.24) is 9.38 Å². The van der Waals surface area contributed by atoms with Crippen LogP contribution in [0.4, 0.5) is 11.5 Å². The highest BCUT2D eigenvalue weighted by molar-refractivity contribution is 9.10. The lowest BCUT2D eigenvalue weighted by Gasteiger charge is -2.15. The molecule has 1 N–H and O–H groups in total. The maximum absolute atomic E-state index is 4.95. The van der Waals surface area contributed by atoms with Gasteiger partial charge in [0, 0.05) is 21.9 Å². The summed E-state index contributed by atoms with van der Waals surface area (Å²) in [5.41, 5.74) is 9.07. The molecule has 0 bridgehead atoms. The van der Waals surface area contributed by atoms with Crippen LogP contribution in [0.2, 0.25) is 0 Å². The van der Waals surface area contributed by atoms with E-state index >= 15 is 0 Å². The van der Waals surface area contributed by atoms with Crippen molar-refractivity contribution in [3.05, 3.63) is 81.5 Å². The number of benzene rings is 2. The molecule has 0 aliphatic rings. The summed E-state index contributed by atoms with van der Waals surface area (Å²) in [6, 6.07) is 16.9. The fraction of sp³-hybridized carbons (Fsp3) is 0.174. The third-order valence-electron chi connectivity index (χ3n) is 4.94. The summed E-state index contributed by atoms with van der Waals surface area (Å²) in [6.07, 6.45) is 2.06. The summed E-state index contributed by atoms with van der Waals surface area (Å²) >= 11 is 3.59. The maximum atomic E-state index is 4.95. The number of nitrogens with one attached hydrogen (secondary N) is 1. The molecular formula is C23H22BrN3. The van der Waals surface area contributed by atoms with Gasteiger partial charge in [0.1, 0.15) is 17.2 Å². The SMILES string of the molecule is Cc1ccc(-c2nc3ccc(Br)cn3c2Nc2c(C)cccc2C)c(C)c1. The monoisotopic (exact) mass is 419 g/mol. The molecule has 2 aromatic heterocycles. The second-order valence-electron chi connectivity index (χ2n) is 7.09. The van der Waals surface area contributed by atoms with Crippen molar-refractivity contribution in [2.24, 2.45) is 0 Å². The Bertz CT molecular complexity index is 1140. The third kappa shape index (κ3) is 3.26. The quantitative estimate of drug-likeness (QED) is 0.398. The zero-order valence-corrected chi connectivity index (χ0v) is 17.6. The first kappa shape index (κ1) is 17.8. The number of imidazole rings is 1. The van der Waals surface area contributed by atoms with E-state index < -0.39 is 0 Å². The van der Waals surface area contributed by atoms with Crippen molar-refractivity contribution in [2.45, 2.75) is 27.7 Å². The number of fused-ring (bicyclic) bond motifs is 1. The fourth-order valence-electron chi connectivity index (χ4n) is 3.54. The van der Waals surface area contributed by atoms with Crippen LogP contribution in [0.3, 0.4) is 0 Å². The molecule has 0 aliphatic carbocycles. The predicted molar refractivity (Wildman–Crippen MR) is 117 cm³/mol. The molecule has 2 aromatic carbocycles. The van der Waals surface area contributed by atoms with Crippen molar-refractivity contribution >= 4 is 33.1 Å².